The second-order valence-electron chi connectivity index (χ2n) is 6.56. The number of hydrogen-bond donors (Lipinski definition) is 0. The van der Waals surface area contributed by atoms with Crippen LogP contribution in [0.25, 0.3) is 0 Å². The number of hydrogen-bond acceptors (Lipinski definition) is 4. The summed E-state index contributed by atoms with van der Waals surface area (Å²) in [4.78, 5) is 24.9. The van der Waals surface area contributed by atoms with Gasteiger partial charge in [0.1, 0.15) is 12.4 Å². The van der Waals surface area contributed by atoms with Crippen molar-refractivity contribution in [3.8, 4) is 5.75 Å². The highest BCUT2D eigenvalue weighted by atomic mass is 16.6. The van der Waals surface area contributed by atoms with E-state index in [1.165, 1.54) is 0 Å². The van der Waals surface area contributed by atoms with Gasteiger partial charge < -0.3 is 9.47 Å². The van der Waals surface area contributed by atoms with Gasteiger partial charge in [-0.1, -0.05) is 30.3 Å². The second kappa shape index (κ2) is 7.09. The number of ether oxygens (including phenoxy) is 2. The van der Waals surface area contributed by atoms with Gasteiger partial charge >= 0.3 is 5.97 Å². The van der Waals surface area contributed by atoms with Gasteiger partial charge in [-0.2, -0.15) is 0 Å². The standard InChI is InChI=1S/C21H22O4/c1-13-8-9-17(10-14(13)2)20(22)15(3)25-21(23)18-11-16-6-4-5-7-19(16)24-12-18/h4-10,15,18H,11-12H2,1-3H3. The Hall–Kier alpha value is -2.62. The lowest BCUT2D eigenvalue weighted by Gasteiger charge is -2.25. The minimum absolute atomic E-state index is 0.187. The van der Waals surface area contributed by atoms with Gasteiger partial charge in [-0.25, -0.2) is 0 Å². The molecule has 0 spiro atoms. The average Bonchev–Trinajstić information content (AvgIpc) is 2.62. The first-order chi connectivity index (χ1) is 12.0. The maximum atomic E-state index is 12.5. The van der Waals surface area contributed by atoms with Crippen LogP contribution >= 0.6 is 0 Å². The largest absolute Gasteiger partial charge is 0.492 e. The van der Waals surface area contributed by atoms with E-state index in [0.29, 0.717) is 12.0 Å². The number of aryl methyl sites for hydroxylation is 2. The van der Waals surface area contributed by atoms with E-state index in [-0.39, 0.29) is 24.3 Å². The molecule has 0 aromatic heterocycles. The molecule has 0 bridgehead atoms. The monoisotopic (exact) mass is 338 g/mol. The number of carbonyl (C=O) groups excluding carboxylic acids is 2. The Labute approximate surface area is 147 Å². The second-order valence-corrected chi connectivity index (χ2v) is 6.56. The summed E-state index contributed by atoms with van der Waals surface area (Å²) in [5.41, 5.74) is 3.72. The number of ketones is 1. The lowest BCUT2D eigenvalue weighted by Crippen LogP contribution is -2.34. The van der Waals surface area contributed by atoms with E-state index in [9.17, 15) is 9.59 Å². The van der Waals surface area contributed by atoms with E-state index in [0.717, 1.165) is 22.4 Å². The fourth-order valence-corrected chi connectivity index (χ4v) is 2.93. The Morgan fingerprint density at radius 2 is 1.88 bits per heavy atom. The first-order valence-corrected chi connectivity index (χ1v) is 8.48. The summed E-state index contributed by atoms with van der Waals surface area (Å²) >= 11 is 0. The van der Waals surface area contributed by atoms with Gasteiger partial charge in [0.15, 0.2) is 6.10 Å². The van der Waals surface area contributed by atoms with Crippen LogP contribution < -0.4 is 4.74 Å². The van der Waals surface area contributed by atoms with Crippen LogP contribution in [0.3, 0.4) is 0 Å². The summed E-state index contributed by atoms with van der Waals surface area (Å²) in [5.74, 6) is -0.150. The highest BCUT2D eigenvalue weighted by Crippen LogP contribution is 2.27. The van der Waals surface area contributed by atoms with E-state index in [1.54, 1.807) is 13.0 Å². The maximum Gasteiger partial charge on any atom is 0.313 e. The molecule has 2 atom stereocenters. The minimum atomic E-state index is -0.813. The maximum absolute atomic E-state index is 12.5. The molecule has 4 nitrogen and oxygen atoms in total. The van der Waals surface area contributed by atoms with Crippen LogP contribution in [0.4, 0.5) is 0 Å². The van der Waals surface area contributed by atoms with Crippen molar-refractivity contribution in [2.45, 2.75) is 33.3 Å². The van der Waals surface area contributed by atoms with Crippen molar-refractivity contribution in [3.63, 3.8) is 0 Å². The number of benzene rings is 2. The molecule has 4 heteroatoms. The van der Waals surface area contributed by atoms with E-state index < -0.39 is 6.10 Å². The van der Waals surface area contributed by atoms with Gasteiger partial charge in [-0.05, 0) is 56.0 Å². The quantitative estimate of drug-likeness (QED) is 0.630. The molecule has 1 aliphatic rings. The molecule has 0 radical (unpaired) electrons. The molecule has 0 saturated heterocycles. The summed E-state index contributed by atoms with van der Waals surface area (Å²) in [6.45, 7) is 5.85. The third-order valence-corrected chi connectivity index (χ3v) is 4.67. The molecular formula is C21H22O4. The summed E-state index contributed by atoms with van der Waals surface area (Å²) in [7, 11) is 0. The van der Waals surface area contributed by atoms with Gasteiger partial charge in [-0.15, -0.1) is 0 Å². The third-order valence-electron chi connectivity index (χ3n) is 4.67. The smallest absolute Gasteiger partial charge is 0.313 e. The highest BCUT2D eigenvalue weighted by Gasteiger charge is 2.30. The van der Waals surface area contributed by atoms with E-state index >= 15 is 0 Å². The summed E-state index contributed by atoms with van der Waals surface area (Å²) < 4.78 is 11.0. The van der Waals surface area contributed by atoms with Crippen molar-refractivity contribution < 1.29 is 19.1 Å². The molecule has 25 heavy (non-hydrogen) atoms. The van der Waals surface area contributed by atoms with Gasteiger partial charge in [0.2, 0.25) is 5.78 Å². The van der Waals surface area contributed by atoms with Gasteiger partial charge in [0, 0.05) is 5.56 Å². The van der Waals surface area contributed by atoms with Crippen LogP contribution in [0.15, 0.2) is 42.5 Å². The molecule has 0 aliphatic carbocycles. The minimum Gasteiger partial charge on any atom is -0.492 e. The van der Waals surface area contributed by atoms with E-state index in [1.807, 2.05) is 50.2 Å². The lowest BCUT2D eigenvalue weighted by atomic mass is 9.96. The fourth-order valence-electron chi connectivity index (χ4n) is 2.93. The topological polar surface area (TPSA) is 52.6 Å². The molecule has 130 valence electrons. The number of fused-ring (bicyclic) bond motifs is 1. The first-order valence-electron chi connectivity index (χ1n) is 8.48. The number of carbonyl (C=O) groups is 2. The van der Waals surface area contributed by atoms with Crippen LogP contribution in [0.1, 0.15) is 34.0 Å². The summed E-state index contributed by atoms with van der Waals surface area (Å²) in [6.07, 6.45) is -0.244. The Kier molecular flexibility index (Phi) is 4.88. The predicted molar refractivity (Wildman–Crippen MR) is 94.9 cm³/mol. The van der Waals surface area contributed by atoms with Gasteiger partial charge in [0.25, 0.3) is 0 Å². The molecule has 0 fully saturated rings. The Morgan fingerprint density at radius 3 is 2.64 bits per heavy atom. The lowest BCUT2D eigenvalue weighted by molar-refractivity contribution is -0.152. The van der Waals surface area contributed by atoms with Crippen LogP contribution in [0.5, 0.6) is 5.75 Å². The molecule has 2 aromatic carbocycles. The van der Waals surface area contributed by atoms with Crippen molar-refractivity contribution in [2.75, 3.05) is 6.61 Å². The normalized spacial score (nSPS) is 17.2. The van der Waals surface area contributed by atoms with Crippen molar-refractivity contribution in [1.82, 2.24) is 0 Å². The molecule has 3 rings (SSSR count). The average molecular weight is 338 g/mol. The highest BCUT2D eigenvalue weighted by molar-refractivity contribution is 6.00. The number of rotatable bonds is 4. The zero-order chi connectivity index (χ0) is 18.0. The molecule has 1 aliphatic heterocycles. The third kappa shape index (κ3) is 3.73. The molecule has 2 aromatic rings. The molecule has 0 saturated carbocycles. The number of esters is 1. The fraction of sp³-hybridized carbons (Fsp3) is 0.333. The van der Waals surface area contributed by atoms with Crippen molar-refractivity contribution in [2.24, 2.45) is 5.92 Å². The summed E-state index contributed by atoms with van der Waals surface area (Å²) in [6, 6.07) is 13.2. The first kappa shape index (κ1) is 17.2. The van der Waals surface area contributed by atoms with Crippen LogP contribution in [0.2, 0.25) is 0 Å². The van der Waals surface area contributed by atoms with Crippen LogP contribution in [-0.2, 0) is 16.0 Å². The van der Waals surface area contributed by atoms with Gasteiger partial charge in [0.05, 0.1) is 5.92 Å². The number of para-hydroxylation sites is 1. The van der Waals surface area contributed by atoms with Crippen LogP contribution in [-0.4, -0.2) is 24.5 Å². The Morgan fingerprint density at radius 1 is 1.12 bits per heavy atom. The van der Waals surface area contributed by atoms with E-state index in [4.69, 9.17) is 9.47 Å². The zero-order valence-electron chi connectivity index (χ0n) is 14.7. The van der Waals surface area contributed by atoms with Crippen molar-refractivity contribution in [1.29, 1.82) is 0 Å². The summed E-state index contributed by atoms with van der Waals surface area (Å²) in [5, 5.41) is 0. The predicted octanol–water partition coefficient (Wildman–Crippen LogP) is 3.67. The number of Topliss-reactive ketones (excluding diaryl/α,β-unsaturated/α-hetero) is 1. The SMILES string of the molecule is Cc1ccc(C(=O)C(C)OC(=O)C2COc3ccccc3C2)cc1C. The molecular weight excluding hydrogens is 316 g/mol. The molecule has 2 unspecified atom stereocenters. The van der Waals surface area contributed by atoms with Crippen molar-refractivity contribution in [3.05, 3.63) is 64.7 Å². The molecule has 1 heterocycles. The van der Waals surface area contributed by atoms with Crippen LogP contribution in [0, 0.1) is 19.8 Å². The van der Waals surface area contributed by atoms with Gasteiger partial charge in [-0.3, -0.25) is 9.59 Å². The Bertz CT molecular complexity index is 809. The zero-order valence-corrected chi connectivity index (χ0v) is 14.7. The Balaban J connectivity index is 1.64. The molecule has 0 amide bonds. The van der Waals surface area contributed by atoms with Crippen molar-refractivity contribution >= 4 is 11.8 Å². The van der Waals surface area contributed by atoms with E-state index in [2.05, 4.69) is 0 Å². The molecule has 0 N–H and O–H groups in total.